The number of carboxylic acids is 1. The average Bonchev–Trinajstić information content (AvgIpc) is 2.42. The molecule has 0 unspecified atom stereocenters. The Morgan fingerprint density at radius 3 is 2.55 bits per heavy atom. The summed E-state index contributed by atoms with van der Waals surface area (Å²) < 4.78 is 26.1. The van der Waals surface area contributed by atoms with Gasteiger partial charge < -0.3 is 5.11 Å². The Bertz CT molecular complexity index is 516. The van der Waals surface area contributed by atoms with E-state index < -0.39 is 22.0 Å². The molecule has 0 heterocycles. The highest BCUT2D eigenvalue weighted by molar-refractivity contribution is 7.98. The van der Waals surface area contributed by atoms with Crippen molar-refractivity contribution in [2.24, 2.45) is 0 Å². The van der Waals surface area contributed by atoms with Gasteiger partial charge in [0.05, 0.1) is 5.75 Å². The molecular weight excluding hydrogens is 298 g/mol. The van der Waals surface area contributed by atoms with Gasteiger partial charge in [-0.3, -0.25) is 4.79 Å². The molecule has 0 fully saturated rings. The fourth-order valence-electron chi connectivity index (χ4n) is 1.64. The Balaban J connectivity index is 2.56. The largest absolute Gasteiger partial charge is 0.480 e. The van der Waals surface area contributed by atoms with Crippen LogP contribution in [-0.2, 0) is 21.2 Å². The van der Waals surface area contributed by atoms with Crippen molar-refractivity contribution in [1.82, 2.24) is 4.72 Å². The second kappa shape index (κ2) is 8.28. The summed E-state index contributed by atoms with van der Waals surface area (Å²) in [5, 5.41) is 9.01. The van der Waals surface area contributed by atoms with E-state index in [4.69, 9.17) is 5.11 Å². The number of carboxylic acid groups (broad SMARTS) is 1. The molecule has 0 bridgehead atoms. The lowest BCUT2D eigenvalue weighted by Crippen LogP contribution is -2.42. The fraction of sp³-hybridized carbons (Fsp3) is 0.462. The van der Waals surface area contributed by atoms with Crippen LogP contribution in [0.4, 0.5) is 0 Å². The third-order valence-electron chi connectivity index (χ3n) is 2.73. The molecule has 0 aliphatic carbocycles. The van der Waals surface area contributed by atoms with Crippen LogP contribution in [0.1, 0.15) is 12.0 Å². The highest BCUT2D eigenvalue weighted by Gasteiger charge is 2.23. The molecule has 0 saturated carbocycles. The quantitative estimate of drug-likeness (QED) is 0.718. The Kier molecular flexibility index (Phi) is 7.04. The van der Waals surface area contributed by atoms with E-state index in [0.717, 1.165) is 5.56 Å². The summed E-state index contributed by atoms with van der Waals surface area (Å²) in [4.78, 5) is 11.0. The van der Waals surface area contributed by atoms with Crippen molar-refractivity contribution in [3.05, 3.63) is 35.9 Å². The van der Waals surface area contributed by atoms with Gasteiger partial charge in [0, 0.05) is 0 Å². The second-order valence-corrected chi connectivity index (χ2v) is 7.20. The summed E-state index contributed by atoms with van der Waals surface area (Å²) in [5.41, 5.74) is 0.911. The van der Waals surface area contributed by atoms with Gasteiger partial charge in [0.25, 0.3) is 0 Å². The molecule has 7 heteroatoms. The van der Waals surface area contributed by atoms with Crippen molar-refractivity contribution in [3.8, 4) is 0 Å². The summed E-state index contributed by atoms with van der Waals surface area (Å²) in [5.74, 6) is -0.652. The molecule has 0 aliphatic rings. The summed E-state index contributed by atoms with van der Waals surface area (Å²) in [6.45, 7) is 0. The Labute approximate surface area is 123 Å². The summed E-state index contributed by atoms with van der Waals surface area (Å²) in [6.07, 6.45) is 2.49. The normalized spacial score (nSPS) is 13.1. The van der Waals surface area contributed by atoms with Gasteiger partial charge in [0.15, 0.2) is 0 Å². The lowest BCUT2D eigenvalue weighted by molar-refractivity contribution is -0.139. The van der Waals surface area contributed by atoms with E-state index in [0.29, 0.717) is 12.2 Å². The van der Waals surface area contributed by atoms with Crippen molar-refractivity contribution in [2.45, 2.75) is 18.9 Å². The average molecular weight is 317 g/mol. The van der Waals surface area contributed by atoms with Crippen molar-refractivity contribution in [1.29, 1.82) is 0 Å². The van der Waals surface area contributed by atoms with Crippen LogP contribution in [0.25, 0.3) is 0 Å². The molecule has 2 N–H and O–H groups in total. The Morgan fingerprint density at radius 1 is 1.35 bits per heavy atom. The minimum atomic E-state index is -3.59. The predicted octanol–water partition coefficient (Wildman–Crippen LogP) is 1.35. The molecule has 5 nitrogen and oxygen atoms in total. The van der Waals surface area contributed by atoms with Crippen LogP contribution in [0.5, 0.6) is 0 Å². The molecule has 0 aliphatic heterocycles. The van der Waals surface area contributed by atoms with Crippen LogP contribution in [0.15, 0.2) is 30.3 Å². The number of benzene rings is 1. The molecule has 0 aromatic heterocycles. The van der Waals surface area contributed by atoms with Gasteiger partial charge >= 0.3 is 5.97 Å². The van der Waals surface area contributed by atoms with Gasteiger partial charge in [-0.15, -0.1) is 0 Å². The maximum atomic E-state index is 11.9. The first kappa shape index (κ1) is 17.0. The lowest BCUT2D eigenvalue weighted by Gasteiger charge is -2.14. The second-order valence-electron chi connectivity index (χ2n) is 4.34. The van der Waals surface area contributed by atoms with Crippen molar-refractivity contribution in [2.75, 3.05) is 17.8 Å². The molecule has 1 rings (SSSR count). The van der Waals surface area contributed by atoms with Gasteiger partial charge in [-0.2, -0.15) is 11.8 Å². The third kappa shape index (κ3) is 6.40. The molecule has 1 aromatic rings. The van der Waals surface area contributed by atoms with Crippen LogP contribution in [0.2, 0.25) is 0 Å². The zero-order valence-corrected chi connectivity index (χ0v) is 12.9. The van der Waals surface area contributed by atoms with E-state index in [1.54, 1.807) is 0 Å². The number of carbonyl (C=O) groups is 1. The number of aliphatic carboxylic acids is 1. The van der Waals surface area contributed by atoms with Crippen LogP contribution >= 0.6 is 11.8 Å². The predicted molar refractivity (Wildman–Crippen MR) is 81.5 cm³/mol. The number of hydrogen-bond donors (Lipinski definition) is 2. The van der Waals surface area contributed by atoms with Gasteiger partial charge in [0.2, 0.25) is 10.0 Å². The smallest absolute Gasteiger partial charge is 0.321 e. The third-order valence-corrected chi connectivity index (χ3v) is 4.76. The number of hydrogen-bond acceptors (Lipinski definition) is 4. The van der Waals surface area contributed by atoms with Crippen LogP contribution in [-0.4, -0.2) is 43.3 Å². The number of thioether (sulfide) groups is 1. The maximum absolute atomic E-state index is 11.9. The lowest BCUT2D eigenvalue weighted by atomic mass is 10.2. The molecule has 1 aromatic carbocycles. The molecule has 0 amide bonds. The standard InChI is InChI=1S/C13H19NO4S2/c1-19-9-7-12(13(15)16)14-20(17,18)10-8-11-5-3-2-4-6-11/h2-6,12,14H,7-10H2,1H3,(H,15,16)/t12-/m1/s1. The van der Waals surface area contributed by atoms with E-state index >= 15 is 0 Å². The summed E-state index contributed by atoms with van der Waals surface area (Å²) >= 11 is 1.49. The first-order chi connectivity index (χ1) is 9.44. The summed E-state index contributed by atoms with van der Waals surface area (Å²) in [6, 6.07) is 8.18. The van der Waals surface area contributed by atoms with E-state index in [-0.39, 0.29) is 12.2 Å². The monoisotopic (exact) mass is 317 g/mol. The van der Waals surface area contributed by atoms with Gasteiger partial charge in [-0.25, -0.2) is 13.1 Å². The van der Waals surface area contributed by atoms with Gasteiger partial charge in [-0.1, -0.05) is 30.3 Å². The SMILES string of the molecule is CSCC[C@@H](NS(=O)(=O)CCc1ccccc1)C(=O)O. The van der Waals surface area contributed by atoms with Crippen LogP contribution in [0.3, 0.4) is 0 Å². The first-order valence-electron chi connectivity index (χ1n) is 6.20. The maximum Gasteiger partial charge on any atom is 0.321 e. The van der Waals surface area contributed by atoms with E-state index in [1.165, 1.54) is 11.8 Å². The molecule has 0 radical (unpaired) electrons. The number of aryl methyl sites for hydroxylation is 1. The van der Waals surface area contributed by atoms with E-state index in [1.807, 2.05) is 36.6 Å². The van der Waals surface area contributed by atoms with Gasteiger partial charge in [0.1, 0.15) is 6.04 Å². The minimum absolute atomic E-state index is 0.111. The van der Waals surface area contributed by atoms with Crippen molar-refractivity contribution >= 4 is 27.8 Å². The first-order valence-corrected chi connectivity index (χ1v) is 9.25. The molecule has 0 spiro atoms. The molecular formula is C13H19NO4S2. The Morgan fingerprint density at radius 2 is 2.00 bits per heavy atom. The number of sulfonamides is 1. The minimum Gasteiger partial charge on any atom is -0.480 e. The van der Waals surface area contributed by atoms with Crippen LogP contribution < -0.4 is 4.72 Å². The highest BCUT2D eigenvalue weighted by atomic mass is 32.2. The van der Waals surface area contributed by atoms with Crippen LogP contribution in [0, 0.1) is 0 Å². The van der Waals surface area contributed by atoms with Gasteiger partial charge in [-0.05, 0) is 30.4 Å². The topological polar surface area (TPSA) is 83.5 Å². The van der Waals surface area contributed by atoms with Crippen molar-refractivity contribution in [3.63, 3.8) is 0 Å². The fourth-order valence-corrected chi connectivity index (χ4v) is 3.39. The zero-order chi connectivity index (χ0) is 15.0. The summed E-state index contributed by atoms with van der Waals surface area (Å²) in [7, 11) is -3.59. The highest BCUT2D eigenvalue weighted by Crippen LogP contribution is 2.05. The molecule has 0 saturated heterocycles. The van der Waals surface area contributed by atoms with E-state index in [2.05, 4.69) is 4.72 Å². The molecule has 1 atom stereocenters. The number of rotatable bonds is 9. The molecule has 112 valence electrons. The number of nitrogens with one attached hydrogen (secondary N) is 1. The van der Waals surface area contributed by atoms with Crippen molar-refractivity contribution < 1.29 is 18.3 Å². The Hall–Kier alpha value is -1.05. The van der Waals surface area contributed by atoms with E-state index in [9.17, 15) is 13.2 Å². The molecule has 20 heavy (non-hydrogen) atoms. The zero-order valence-electron chi connectivity index (χ0n) is 11.3.